The molecular formula is C14H14N2O2. The molecule has 4 heteroatoms. The number of aromatic nitrogens is 1. The van der Waals surface area contributed by atoms with Crippen molar-refractivity contribution in [2.75, 3.05) is 0 Å². The van der Waals surface area contributed by atoms with E-state index in [9.17, 15) is 4.79 Å². The Hall–Kier alpha value is -2.36. The Kier molecular flexibility index (Phi) is 3.91. The lowest BCUT2D eigenvalue weighted by Gasteiger charge is -2.07. The Morgan fingerprint density at radius 3 is 2.89 bits per heavy atom. The van der Waals surface area contributed by atoms with Crippen molar-refractivity contribution in [1.29, 1.82) is 0 Å². The number of ether oxygens (including phenoxy) is 1. The van der Waals surface area contributed by atoms with E-state index in [-0.39, 0.29) is 5.91 Å². The van der Waals surface area contributed by atoms with E-state index in [4.69, 9.17) is 4.74 Å². The van der Waals surface area contributed by atoms with E-state index in [0.29, 0.717) is 18.2 Å². The zero-order valence-corrected chi connectivity index (χ0v) is 10.1. The van der Waals surface area contributed by atoms with Crippen LogP contribution in [0.15, 0.2) is 48.7 Å². The molecule has 0 aliphatic heterocycles. The van der Waals surface area contributed by atoms with Crippen molar-refractivity contribution in [3.63, 3.8) is 0 Å². The average Bonchev–Trinajstić information content (AvgIpc) is 2.38. The van der Waals surface area contributed by atoms with Gasteiger partial charge < -0.3 is 10.1 Å². The van der Waals surface area contributed by atoms with Gasteiger partial charge in [-0.1, -0.05) is 18.2 Å². The van der Waals surface area contributed by atoms with Crippen LogP contribution in [0, 0.1) is 0 Å². The first-order valence-corrected chi connectivity index (χ1v) is 5.66. The molecule has 0 bridgehead atoms. The fraction of sp³-hybridized carbons (Fsp3) is 0.143. The third-order valence-electron chi connectivity index (χ3n) is 2.30. The molecule has 2 aromatic rings. The Labute approximate surface area is 106 Å². The van der Waals surface area contributed by atoms with Crippen LogP contribution in [0.4, 0.5) is 0 Å². The van der Waals surface area contributed by atoms with Gasteiger partial charge in [-0.05, 0) is 23.8 Å². The summed E-state index contributed by atoms with van der Waals surface area (Å²) < 4.78 is 5.60. The number of hydrogen-bond acceptors (Lipinski definition) is 3. The minimum Gasteiger partial charge on any atom is -0.439 e. The van der Waals surface area contributed by atoms with Gasteiger partial charge in [0.1, 0.15) is 5.75 Å². The minimum atomic E-state index is -0.0500. The molecule has 0 saturated heterocycles. The van der Waals surface area contributed by atoms with Gasteiger partial charge in [-0.25, -0.2) is 4.98 Å². The van der Waals surface area contributed by atoms with E-state index in [1.165, 1.54) is 6.92 Å². The topological polar surface area (TPSA) is 51.2 Å². The Morgan fingerprint density at radius 1 is 1.28 bits per heavy atom. The quantitative estimate of drug-likeness (QED) is 0.896. The first kappa shape index (κ1) is 12.1. The molecule has 1 N–H and O–H groups in total. The van der Waals surface area contributed by atoms with Crippen LogP contribution in [0.25, 0.3) is 0 Å². The van der Waals surface area contributed by atoms with Crippen LogP contribution in [0.2, 0.25) is 0 Å². The summed E-state index contributed by atoms with van der Waals surface area (Å²) in [6, 6.07) is 13.0. The first-order valence-electron chi connectivity index (χ1n) is 5.66. The van der Waals surface area contributed by atoms with Crippen LogP contribution < -0.4 is 10.1 Å². The number of amides is 1. The third kappa shape index (κ3) is 3.59. The molecule has 18 heavy (non-hydrogen) atoms. The van der Waals surface area contributed by atoms with Gasteiger partial charge in [-0.15, -0.1) is 0 Å². The number of hydrogen-bond donors (Lipinski definition) is 1. The molecule has 0 unspecified atom stereocenters. The molecule has 0 radical (unpaired) electrons. The molecule has 1 aromatic carbocycles. The molecule has 92 valence electrons. The van der Waals surface area contributed by atoms with Crippen molar-refractivity contribution in [1.82, 2.24) is 10.3 Å². The zero-order chi connectivity index (χ0) is 12.8. The predicted octanol–water partition coefficient (Wildman–Crippen LogP) is 2.51. The molecule has 0 fully saturated rings. The minimum absolute atomic E-state index is 0.0500. The monoisotopic (exact) mass is 242 g/mol. The molecule has 1 aromatic heterocycles. The lowest BCUT2D eigenvalue weighted by atomic mass is 10.2. The first-order chi connectivity index (χ1) is 8.74. The van der Waals surface area contributed by atoms with Crippen molar-refractivity contribution in [3.05, 3.63) is 54.2 Å². The summed E-state index contributed by atoms with van der Waals surface area (Å²) in [5, 5.41) is 2.74. The maximum Gasteiger partial charge on any atom is 0.219 e. The van der Waals surface area contributed by atoms with Crippen LogP contribution in [-0.2, 0) is 11.3 Å². The number of carbonyl (C=O) groups is 1. The SMILES string of the molecule is CC(=O)NCc1cccc(Oc2ccccn2)c1. The summed E-state index contributed by atoms with van der Waals surface area (Å²) in [7, 11) is 0. The lowest BCUT2D eigenvalue weighted by molar-refractivity contribution is -0.119. The normalized spacial score (nSPS) is 9.83. The van der Waals surface area contributed by atoms with Gasteiger partial charge in [-0.2, -0.15) is 0 Å². The molecule has 4 nitrogen and oxygen atoms in total. The molecule has 0 aliphatic carbocycles. The van der Waals surface area contributed by atoms with Crippen molar-refractivity contribution in [3.8, 4) is 11.6 Å². The Balaban J connectivity index is 2.05. The molecule has 2 rings (SSSR count). The second kappa shape index (κ2) is 5.82. The molecule has 0 spiro atoms. The highest BCUT2D eigenvalue weighted by atomic mass is 16.5. The van der Waals surface area contributed by atoms with Gasteiger partial charge in [0.05, 0.1) is 0 Å². The van der Waals surface area contributed by atoms with Gasteiger partial charge in [0, 0.05) is 25.7 Å². The van der Waals surface area contributed by atoms with Gasteiger partial charge in [0.2, 0.25) is 11.8 Å². The van der Waals surface area contributed by atoms with Crippen molar-refractivity contribution < 1.29 is 9.53 Å². The van der Waals surface area contributed by atoms with Crippen LogP contribution in [0.1, 0.15) is 12.5 Å². The van der Waals surface area contributed by atoms with E-state index in [0.717, 1.165) is 5.56 Å². The fourth-order valence-electron chi connectivity index (χ4n) is 1.47. The maximum absolute atomic E-state index is 10.8. The van der Waals surface area contributed by atoms with E-state index in [2.05, 4.69) is 10.3 Å². The van der Waals surface area contributed by atoms with Gasteiger partial charge in [0.15, 0.2) is 0 Å². The van der Waals surface area contributed by atoms with E-state index in [1.54, 1.807) is 12.3 Å². The van der Waals surface area contributed by atoms with E-state index >= 15 is 0 Å². The molecule has 0 atom stereocenters. The van der Waals surface area contributed by atoms with Crippen molar-refractivity contribution in [2.24, 2.45) is 0 Å². The Morgan fingerprint density at radius 2 is 2.17 bits per heavy atom. The van der Waals surface area contributed by atoms with Gasteiger partial charge >= 0.3 is 0 Å². The lowest BCUT2D eigenvalue weighted by Crippen LogP contribution is -2.18. The highest BCUT2D eigenvalue weighted by Gasteiger charge is 2.00. The molecule has 0 saturated carbocycles. The number of carbonyl (C=O) groups excluding carboxylic acids is 1. The summed E-state index contributed by atoms with van der Waals surface area (Å²) in [5.41, 5.74) is 0.985. The zero-order valence-electron chi connectivity index (χ0n) is 10.1. The van der Waals surface area contributed by atoms with Gasteiger partial charge in [0.25, 0.3) is 0 Å². The second-order valence-corrected chi connectivity index (χ2v) is 3.83. The molecule has 1 amide bonds. The molecule has 0 aliphatic rings. The number of benzene rings is 1. The highest BCUT2D eigenvalue weighted by Crippen LogP contribution is 2.19. The molecular weight excluding hydrogens is 228 g/mol. The van der Waals surface area contributed by atoms with Crippen LogP contribution in [-0.4, -0.2) is 10.9 Å². The maximum atomic E-state index is 10.8. The number of pyridine rings is 1. The van der Waals surface area contributed by atoms with Gasteiger partial charge in [-0.3, -0.25) is 4.79 Å². The van der Waals surface area contributed by atoms with Crippen LogP contribution in [0.5, 0.6) is 11.6 Å². The number of nitrogens with one attached hydrogen (secondary N) is 1. The number of nitrogens with zero attached hydrogens (tertiary/aromatic N) is 1. The van der Waals surface area contributed by atoms with E-state index in [1.807, 2.05) is 36.4 Å². The van der Waals surface area contributed by atoms with Crippen LogP contribution in [0.3, 0.4) is 0 Å². The summed E-state index contributed by atoms with van der Waals surface area (Å²) in [4.78, 5) is 14.9. The summed E-state index contributed by atoms with van der Waals surface area (Å²) in [6.07, 6.45) is 1.68. The second-order valence-electron chi connectivity index (χ2n) is 3.83. The predicted molar refractivity (Wildman–Crippen MR) is 68.3 cm³/mol. The van der Waals surface area contributed by atoms with Crippen molar-refractivity contribution >= 4 is 5.91 Å². The number of rotatable bonds is 4. The average molecular weight is 242 g/mol. The van der Waals surface area contributed by atoms with Crippen LogP contribution >= 0.6 is 0 Å². The van der Waals surface area contributed by atoms with Crippen molar-refractivity contribution in [2.45, 2.75) is 13.5 Å². The fourth-order valence-corrected chi connectivity index (χ4v) is 1.47. The summed E-state index contributed by atoms with van der Waals surface area (Å²) >= 11 is 0. The Bertz CT molecular complexity index is 526. The molecule has 1 heterocycles. The highest BCUT2D eigenvalue weighted by molar-refractivity contribution is 5.72. The van der Waals surface area contributed by atoms with E-state index < -0.39 is 0 Å². The standard InChI is InChI=1S/C14H14N2O2/c1-11(17)16-10-12-5-4-6-13(9-12)18-14-7-2-3-8-15-14/h2-9H,10H2,1H3,(H,16,17). The summed E-state index contributed by atoms with van der Waals surface area (Å²) in [6.45, 7) is 1.99. The summed E-state index contributed by atoms with van der Waals surface area (Å²) in [5.74, 6) is 1.21. The smallest absolute Gasteiger partial charge is 0.219 e. The third-order valence-corrected chi connectivity index (χ3v) is 2.30. The largest absolute Gasteiger partial charge is 0.439 e.